The fourth-order valence-corrected chi connectivity index (χ4v) is 1.21. The third-order valence-corrected chi connectivity index (χ3v) is 1.86. The van der Waals surface area contributed by atoms with Crippen LogP contribution in [-0.4, -0.2) is 12.1 Å². The number of rotatable bonds is 2. The minimum atomic E-state index is -5.02. The first kappa shape index (κ1) is 14.5. The summed E-state index contributed by atoms with van der Waals surface area (Å²) in [5.74, 6) is -0.341. The zero-order chi connectivity index (χ0) is 10.1. The molecule has 0 aliphatic heterocycles. The van der Waals surface area contributed by atoms with E-state index >= 15 is 0 Å². The molecule has 0 fully saturated rings. The molecule has 0 aliphatic carbocycles. The van der Waals surface area contributed by atoms with Gasteiger partial charge in [-0.1, -0.05) is 18.6 Å². The van der Waals surface area contributed by atoms with E-state index in [1.54, 1.807) is 6.92 Å². The van der Waals surface area contributed by atoms with E-state index < -0.39 is 12.4 Å². The number of phenols is 1. The van der Waals surface area contributed by atoms with Gasteiger partial charge in [-0.15, -0.1) is 5.46 Å². The maximum Gasteiger partial charge on any atom is 1.00 e. The van der Waals surface area contributed by atoms with Gasteiger partial charge in [0, 0.05) is 0 Å². The van der Waals surface area contributed by atoms with E-state index in [2.05, 4.69) is 0 Å². The van der Waals surface area contributed by atoms with Crippen molar-refractivity contribution in [3.05, 3.63) is 23.8 Å². The van der Waals surface area contributed by atoms with E-state index in [0.29, 0.717) is 6.42 Å². The number of hydrogen-bond donors (Lipinski definition) is 1. The van der Waals surface area contributed by atoms with Crippen molar-refractivity contribution in [1.29, 1.82) is 0 Å². The number of benzene rings is 1. The number of hydrogen-bond acceptors (Lipinski definition) is 1. The van der Waals surface area contributed by atoms with Crippen molar-refractivity contribution >= 4 is 12.4 Å². The molecule has 6 heteroatoms. The van der Waals surface area contributed by atoms with Gasteiger partial charge in [0.2, 0.25) is 0 Å². The summed E-state index contributed by atoms with van der Waals surface area (Å²) < 4.78 is 37.1. The van der Waals surface area contributed by atoms with E-state index in [-0.39, 0.29) is 62.7 Å². The molecule has 1 nitrogen and oxygen atoms in total. The molecule has 0 aliphatic rings. The van der Waals surface area contributed by atoms with Crippen LogP contribution in [0.1, 0.15) is 12.5 Å². The van der Waals surface area contributed by atoms with E-state index in [9.17, 15) is 12.9 Å². The Morgan fingerprint density at radius 3 is 2.29 bits per heavy atom. The Morgan fingerprint density at radius 2 is 1.86 bits per heavy atom. The molecule has 0 amide bonds. The summed E-state index contributed by atoms with van der Waals surface area (Å²) in [6.07, 6.45) is 0.316. The van der Waals surface area contributed by atoms with Gasteiger partial charge in [0.1, 0.15) is 5.75 Å². The second kappa shape index (κ2) is 5.56. The SMILES string of the molecule is CCc1ccc(O)cc1[B-](F)(F)F.[K+]. The average Bonchev–Trinajstić information content (AvgIpc) is 2.03. The molecule has 1 aromatic carbocycles. The fourth-order valence-electron chi connectivity index (χ4n) is 1.21. The van der Waals surface area contributed by atoms with Crippen LogP contribution in [0.5, 0.6) is 5.75 Å². The minimum Gasteiger partial charge on any atom is -0.508 e. The summed E-state index contributed by atoms with van der Waals surface area (Å²) >= 11 is 0. The summed E-state index contributed by atoms with van der Waals surface area (Å²) in [6, 6.07) is 3.35. The van der Waals surface area contributed by atoms with Gasteiger partial charge in [-0.05, 0) is 18.6 Å². The normalized spacial score (nSPS) is 10.9. The van der Waals surface area contributed by atoms with Gasteiger partial charge in [-0.3, -0.25) is 0 Å². The molecule has 0 aromatic heterocycles. The number of halogens is 3. The third kappa shape index (κ3) is 3.58. The van der Waals surface area contributed by atoms with Gasteiger partial charge in [0.25, 0.3) is 0 Å². The minimum absolute atomic E-state index is 0. The molecule has 0 saturated carbocycles. The average molecular weight is 228 g/mol. The molecule has 0 bridgehead atoms. The maximum atomic E-state index is 12.4. The summed E-state index contributed by atoms with van der Waals surface area (Å²) in [6.45, 7) is -3.37. The Balaban J connectivity index is 0.00000169. The van der Waals surface area contributed by atoms with Crippen LogP contribution in [0.4, 0.5) is 12.9 Å². The number of aromatic hydroxyl groups is 1. The van der Waals surface area contributed by atoms with Crippen LogP contribution >= 0.6 is 0 Å². The molecule has 0 heterocycles. The second-order valence-corrected chi connectivity index (χ2v) is 2.81. The van der Waals surface area contributed by atoms with Crippen molar-refractivity contribution in [1.82, 2.24) is 0 Å². The number of phenolic OH excluding ortho intramolecular Hbond substituents is 1. The molecule has 0 atom stereocenters. The van der Waals surface area contributed by atoms with Crippen LogP contribution in [-0.2, 0) is 6.42 Å². The molecule has 1 rings (SSSR count). The van der Waals surface area contributed by atoms with Crippen molar-refractivity contribution in [2.75, 3.05) is 0 Å². The Labute approximate surface area is 123 Å². The van der Waals surface area contributed by atoms with E-state index in [0.717, 1.165) is 6.07 Å². The molecule has 14 heavy (non-hydrogen) atoms. The van der Waals surface area contributed by atoms with E-state index in [1.807, 2.05) is 0 Å². The quantitative estimate of drug-likeness (QED) is 0.644. The zero-order valence-corrected chi connectivity index (χ0v) is 11.2. The van der Waals surface area contributed by atoms with Crippen LogP contribution in [0.3, 0.4) is 0 Å². The van der Waals surface area contributed by atoms with Crippen molar-refractivity contribution in [2.24, 2.45) is 0 Å². The van der Waals surface area contributed by atoms with Crippen molar-refractivity contribution in [3.8, 4) is 5.75 Å². The Morgan fingerprint density at radius 1 is 1.29 bits per heavy atom. The van der Waals surface area contributed by atoms with Gasteiger partial charge < -0.3 is 18.1 Å². The molecule has 1 N–H and O–H groups in total. The predicted octanol–water partition coefficient (Wildman–Crippen LogP) is -0.987. The molecular weight excluding hydrogens is 219 g/mol. The van der Waals surface area contributed by atoms with E-state index in [1.165, 1.54) is 12.1 Å². The van der Waals surface area contributed by atoms with Crippen molar-refractivity contribution in [3.63, 3.8) is 0 Å². The van der Waals surface area contributed by atoms with Crippen LogP contribution in [0.25, 0.3) is 0 Å². The number of aryl methyl sites for hydroxylation is 1. The van der Waals surface area contributed by atoms with Crippen LogP contribution in [0, 0.1) is 0 Å². The van der Waals surface area contributed by atoms with Gasteiger partial charge in [-0.25, -0.2) is 0 Å². The molecule has 0 spiro atoms. The van der Waals surface area contributed by atoms with Crippen LogP contribution < -0.4 is 56.8 Å². The van der Waals surface area contributed by atoms with E-state index in [4.69, 9.17) is 5.11 Å². The van der Waals surface area contributed by atoms with Gasteiger partial charge >= 0.3 is 58.4 Å². The predicted molar refractivity (Wildman–Crippen MR) is 46.2 cm³/mol. The Hall–Kier alpha value is 0.511. The zero-order valence-electron chi connectivity index (χ0n) is 8.10. The smallest absolute Gasteiger partial charge is 0.508 e. The molecular formula is C8H9BF3KO. The molecule has 72 valence electrons. The van der Waals surface area contributed by atoms with Gasteiger partial charge in [0.15, 0.2) is 0 Å². The Bertz CT molecular complexity index is 314. The first-order valence-electron chi connectivity index (χ1n) is 3.97. The topological polar surface area (TPSA) is 20.2 Å². The monoisotopic (exact) mass is 228 g/mol. The Kier molecular flexibility index (Phi) is 5.76. The van der Waals surface area contributed by atoms with Crippen molar-refractivity contribution in [2.45, 2.75) is 13.3 Å². The molecule has 0 radical (unpaired) electrons. The third-order valence-electron chi connectivity index (χ3n) is 1.86. The maximum absolute atomic E-state index is 12.4. The first-order valence-corrected chi connectivity index (χ1v) is 3.97. The standard InChI is InChI=1S/C8H9BF3O.K/c1-2-6-3-4-7(13)5-8(6)9(10,11)12;/h3-5,13H,2H2,1H3;/q-1;+1. The first-order chi connectivity index (χ1) is 5.95. The molecule has 0 unspecified atom stereocenters. The summed E-state index contributed by atoms with van der Waals surface area (Å²) in [7, 11) is 0. The van der Waals surface area contributed by atoms with Crippen LogP contribution in [0.15, 0.2) is 18.2 Å². The fraction of sp³-hybridized carbons (Fsp3) is 0.250. The van der Waals surface area contributed by atoms with Crippen LogP contribution in [0.2, 0.25) is 0 Å². The van der Waals surface area contributed by atoms with Crippen molar-refractivity contribution < 1.29 is 69.4 Å². The molecule has 0 saturated heterocycles. The van der Waals surface area contributed by atoms with Gasteiger partial charge in [0.05, 0.1) is 0 Å². The van der Waals surface area contributed by atoms with Gasteiger partial charge in [-0.2, -0.15) is 0 Å². The summed E-state index contributed by atoms with van der Waals surface area (Å²) in [4.78, 5) is 0. The second-order valence-electron chi connectivity index (χ2n) is 2.81. The summed E-state index contributed by atoms with van der Waals surface area (Å²) in [5.41, 5.74) is -0.465. The largest absolute Gasteiger partial charge is 1.00 e. The summed E-state index contributed by atoms with van der Waals surface area (Å²) in [5, 5.41) is 8.91. The molecule has 1 aromatic rings.